The van der Waals surface area contributed by atoms with Crippen LogP contribution in [-0.4, -0.2) is 40.9 Å². The maximum Gasteiger partial charge on any atom is 0.339 e. The Labute approximate surface area is 176 Å². The monoisotopic (exact) mass is 406 g/mol. The molecule has 0 unspecified atom stereocenters. The quantitative estimate of drug-likeness (QED) is 0.502. The van der Waals surface area contributed by atoms with Crippen LogP contribution in [0.5, 0.6) is 5.75 Å². The lowest BCUT2D eigenvalue weighted by atomic mass is 9.99. The summed E-state index contributed by atoms with van der Waals surface area (Å²) in [6.07, 6.45) is 3.59. The van der Waals surface area contributed by atoms with Crippen LogP contribution >= 0.6 is 0 Å². The third kappa shape index (κ3) is 5.43. The number of carboxylic acids is 1. The smallest absolute Gasteiger partial charge is 0.339 e. The molecule has 0 saturated carbocycles. The maximum absolute atomic E-state index is 11.2. The van der Waals surface area contributed by atoms with Crippen LogP contribution in [0.1, 0.15) is 34.5 Å². The zero-order valence-electron chi connectivity index (χ0n) is 17.1. The Morgan fingerprint density at radius 2 is 1.87 bits per heavy atom. The second-order valence-corrected chi connectivity index (χ2v) is 7.23. The van der Waals surface area contributed by atoms with Crippen LogP contribution in [-0.2, 0) is 6.42 Å². The molecule has 156 valence electrons. The lowest BCUT2D eigenvalue weighted by Crippen LogP contribution is -2.32. The summed E-state index contributed by atoms with van der Waals surface area (Å²) in [5.41, 5.74) is 4.00. The molecule has 3 aromatic rings. The van der Waals surface area contributed by atoms with E-state index in [2.05, 4.69) is 29.4 Å². The minimum atomic E-state index is -1.01. The fourth-order valence-corrected chi connectivity index (χ4v) is 3.31. The number of rotatable bonds is 9. The second kappa shape index (κ2) is 10.0. The van der Waals surface area contributed by atoms with E-state index in [1.807, 2.05) is 24.3 Å². The summed E-state index contributed by atoms with van der Waals surface area (Å²) in [6, 6.07) is 17.1. The van der Waals surface area contributed by atoms with Gasteiger partial charge in [0, 0.05) is 30.5 Å². The minimum Gasteiger partial charge on any atom is -0.496 e. The second-order valence-electron chi connectivity index (χ2n) is 7.23. The van der Waals surface area contributed by atoms with Gasteiger partial charge in [-0.1, -0.05) is 36.4 Å². The Bertz CT molecular complexity index is 974. The molecule has 1 aromatic heterocycles. The van der Waals surface area contributed by atoms with Gasteiger partial charge in [0.2, 0.25) is 0 Å². The van der Waals surface area contributed by atoms with Crippen molar-refractivity contribution in [1.29, 1.82) is 0 Å². The number of methoxy groups -OCH3 is 1. The fourth-order valence-electron chi connectivity index (χ4n) is 3.31. The predicted molar refractivity (Wildman–Crippen MR) is 116 cm³/mol. The van der Waals surface area contributed by atoms with E-state index >= 15 is 0 Å². The molecule has 0 aliphatic rings. The Hall–Kier alpha value is -3.22. The Balaban J connectivity index is 1.60. The summed E-state index contributed by atoms with van der Waals surface area (Å²) >= 11 is 0. The summed E-state index contributed by atoms with van der Waals surface area (Å²) in [7, 11) is 1.47. The first-order valence-electron chi connectivity index (χ1n) is 9.80. The van der Waals surface area contributed by atoms with E-state index in [0.717, 1.165) is 23.1 Å². The van der Waals surface area contributed by atoms with E-state index in [1.165, 1.54) is 12.7 Å². The van der Waals surface area contributed by atoms with E-state index in [1.54, 1.807) is 30.6 Å². The average Bonchev–Trinajstić information content (AvgIpc) is 2.78. The number of aliphatic hydroxyl groups excluding tert-OH is 1. The zero-order valence-corrected chi connectivity index (χ0v) is 17.1. The molecule has 3 rings (SSSR count). The summed E-state index contributed by atoms with van der Waals surface area (Å²) in [6.45, 7) is 2.54. The molecule has 0 spiro atoms. The first kappa shape index (κ1) is 21.5. The number of aromatic carboxylic acids is 1. The van der Waals surface area contributed by atoms with Crippen LogP contribution < -0.4 is 10.1 Å². The number of hydrogen-bond donors (Lipinski definition) is 3. The summed E-state index contributed by atoms with van der Waals surface area (Å²) in [4.78, 5) is 15.3. The molecule has 2 aromatic carbocycles. The van der Waals surface area contributed by atoms with Crippen LogP contribution in [0.15, 0.2) is 67.0 Å². The largest absolute Gasteiger partial charge is 0.496 e. The van der Waals surface area contributed by atoms with Crippen LogP contribution in [0.25, 0.3) is 11.1 Å². The minimum absolute atomic E-state index is 0.145. The third-order valence-electron chi connectivity index (χ3n) is 4.99. The third-order valence-corrected chi connectivity index (χ3v) is 4.99. The van der Waals surface area contributed by atoms with Crippen molar-refractivity contribution in [2.75, 3.05) is 13.7 Å². The van der Waals surface area contributed by atoms with Crippen LogP contribution in [0.2, 0.25) is 0 Å². The number of ether oxygens (including phenoxy) is 1. The molecular formula is C24H26N2O4. The fraction of sp³-hybridized carbons (Fsp3) is 0.250. The van der Waals surface area contributed by atoms with Crippen LogP contribution in [0.4, 0.5) is 0 Å². The first-order valence-corrected chi connectivity index (χ1v) is 9.80. The number of nitrogens with one attached hydrogen (secondary N) is 1. The summed E-state index contributed by atoms with van der Waals surface area (Å²) < 4.78 is 5.21. The molecule has 30 heavy (non-hydrogen) atoms. The molecule has 6 nitrogen and oxygen atoms in total. The molecule has 0 saturated heterocycles. The van der Waals surface area contributed by atoms with E-state index in [0.29, 0.717) is 12.3 Å². The summed E-state index contributed by atoms with van der Waals surface area (Å²) in [5, 5.41) is 22.8. The van der Waals surface area contributed by atoms with Gasteiger partial charge in [0.05, 0.1) is 13.2 Å². The maximum atomic E-state index is 11.2. The molecular weight excluding hydrogens is 380 g/mol. The highest BCUT2D eigenvalue weighted by Gasteiger charge is 2.13. The van der Waals surface area contributed by atoms with Gasteiger partial charge in [-0.05, 0) is 48.2 Å². The van der Waals surface area contributed by atoms with Gasteiger partial charge in [-0.3, -0.25) is 4.98 Å². The first-order chi connectivity index (χ1) is 14.5. The van der Waals surface area contributed by atoms with Crippen molar-refractivity contribution in [3.8, 4) is 16.9 Å². The number of hydrogen-bond acceptors (Lipinski definition) is 5. The molecule has 1 heterocycles. The van der Waals surface area contributed by atoms with E-state index in [9.17, 15) is 15.0 Å². The molecule has 0 fully saturated rings. The van der Waals surface area contributed by atoms with Gasteiger partial charge in [-0.25, -0.2) is 4.79 Å². The number of pyridine rings is 1. The predicted octanol–water partition coefficient (Wildman–Crippen LogP) is 3.71. The number of nitrogens with zero attached hydrogens (tertiary/aromatic N) is 1. The number of aliphatic hydroxyl groups is 1. The number of benzene rings is 2. The van der Waals surface area contributed by atoms with Crippen LogP contribution in [0.3, 0.4) is 0 Å². The number of aromatic nitrogens is 1. The average molecular weight is 406 g/mol. The van der Waals surface area contributed by atoms with Crippen molar-refractivity contribution in [2.45, 2.75) is 25.5 Å². The highest BCUT2D eigenvalue weighted by atomic mass is 16.5. The van der Waals surface area contributed by atoms with Gasteiger partial charge in [0.15, 0.2) is 0 Å². The van der Waals surface area contributed by atoms with Crippen molar-refractivity contribution in [2.24, 2.45) is 0 Å². The van der Waals surface area contributed by atoms with Crippen molar-refractivity contribution < 1.29 is 19.7 Å². The highest BCUT2D eigenvalue weighted by molar-refractivity contribution is 5.92. The van der Waals surface area contributed by atoms with Gasteiger partial charge in [0.1, 0.15) is 11.3 Å². The Kier molecular flexibility index (Phi) is 7.17. The van der Waals surface area contributed by atoms with Crippen molar-refractivity contribution >= 4 is 5.97 Å². The van der Waals surface area contributed by atoms with E-state index in [-0.39, 0.29) is 11.6 Å². The van der Waals surface area contributed by atoms with E-state index in [4.69, 9.17) is 4.74 Å². The van der Waals surface area contributed by atoms with Gasteiger partial charge >= 0.3 is 5.97 Å². The summed E-state index contributed by atoms with van der Waals surface area (Å²) in [5.74, 6) is -0.669. The molecule has 0 radical (unpaired) electrons. The number of carboxylic acid groups (broad SMARTS) is 1. The lowest BCUT2D eigenvalue weighted by molar-refractivity contribution is 0.0693. The molecule has 0 bridgehead atoms. The highest BCUT2D eigenvalue weighted by Crippen LogP contribution is 2.27. The SMILES string of the molecule is COc1cc(-c2ccc(C[C@@H](C)NC[C@H](O)c3cccnc3)cc2)ccc1C(=O)O. The molecule has 3 N–H and O–H groups in total. The van der Waals surface area contributed by atoms with Gasteiger partial charge < -0.3 is 20.3 Å². The zero-order chi connectivity index (χ0) is 21.5. The van der Waals surface area contributed by atoms with Crippen molar-refractivity contribution in [3.63, 3.8) is 0 Å². The van der Waals surface area contributed by atoms with Crippen molar-refractivity contribution in [3.05, 3.63) is 83.7 Å². The molecule has 6 heteroatoms. The van der Waals surface area contributed by atoms with Gasteiger partial charge in [-0.2, -0.15) is 0 Å². The topological polar surface area (TPSA) is 91.7 Å². The Morgan fingerprint density at radius 1 is 1.13 bits per heavy atom. The molecule has 0 aliphatic carbocycles. The Morgan fingerprint density at radius 3 is 2.50 bits per heavy atom. The van der Waals surface area contributed by atoms with Crippen molar-refractivity contribution in [1.82, 2.24) is 10.3 Å². The van der Waals surface area contributed by atoms with E-state index < -0.39 is 12.1 Å². The molecule has 2 atom stereocenters. The standard InChI is InChI=1S/C24H26N2O4/c1-16(26-15-22(27)20-4-3-11-25-14-20)12-17-5-7-18(8-6-17)19-9-10-21(24(28)29)23(13-19)30-2/h3-11,13-14,16,22,26-27H,12,15H2,1-2H3,(H,28,29)/t16-,22+/m1/s1. The molecule has 0 aliphatic heterocycles. The number of carbonyl (C=O) groups is 1. The van der Waals surface area contributed by atoms with Crippen LogP contribution in [0, 0.1) is 0 Å². The molecule has 0 amide bonds. The normalized spacial score (nSPS) is 12.9. The van der Waals surface area contributed by atoms with Gasteiger partial charge in [-0.15, -0.1) is 0 Å². The van der Waals surface area contributed by atoms with Gasteiger partial charge in [0.25, 0.3) is 0 Å². The lowest BCUT2D eigenvalue weighted by Gasteiger charge is -2.17.